The molecule has 1 rings (SSSR count). The highest BCUT2D eigenvalue weighted by Crippen LogP contribution is 2.27. The summed E-state index contributed by atoms with van der Waals surface area (Å²) >= 11 is 0. The maximum absolute atomic E-state index is 12.1. The van der Waals surface area contributed by atoms with E-state index in [1.807, 2.05) is 0 Å². The monoisotopic (exact) mass is 211 g/mol. The largest absolute Gasteiger partial charge is 0.401 e. The molecule has 0 amide bonds. The molecule has 0 aromatic heterocycles. The van der Waals surface area contributed by atoms with Gasteiger partial charge in [0.2, 0.25) is 0 Å². The van der Waals surface area contributed by atoms with Crippen LogP contribution >= 0.6 is 0 Å². The molecule has 0 heterocycles. The van der Waals surface area contributed by atoms with Crippen LogP contribution in [0.5, 0.6) is 0 Å². The Balaban J connectivity index is 2.53. The van der Waals surface area contributed by atoms with Crippen molar-refractivity contribution in [2.24, 2.45) is 0 Å². The first kappa shape index (κ1) is 11.8. The number of halogens is 3. The van der Waals surface area contributed by atoms with Crippen molar-refractivity contribution in [2.75, 3.05) is 13.1 Å². The second-order valence-electron chi connectivity index (χ2n) is 3.74. The Hall–Kier alpha value is -0.290. The molecule has 1 saturated carbocycles. The quantitative estimate of drug-likeness (QED) is 0.769. The summed E-state index contributed by atoms with van der Waals surface area (Å²) in [6.45, 7) is 1.11. The van der Waals surface area contributed by atoms with E-state index in [9.17, 15) is 18.3 Å². The Morgan fingerprint density at radius 2 is 2.00 bits per heavy atom. The summed E-state index contributed by atoms with van der Waals surface area (Å²) in [5.74, 6) is 0. The van der Waals surface area contributed by atoms with Gasteiger partial charge < -0.3 is 5.11 Å². The van der Waals surface area contributed by atoms with Crippen molar-refractivity contribution < 1.29 is 18.3 Å². The maximum Gasteiger partial charge on any atom is 0.401 e. The summed E-state index contributed by atoms with van der Waals surface area (Å²) in [5.41, 5.74) is 0. The number of aliphatic hydroxyl groups is 1. The van der Waals surface area contributed by atoms with Gasteiger partial charge in [0.05, 0.1) is 12.6 Å². The van der Waals surface area contributed by atoms with Gasteiger partial charge in [-0.25, -0.2) is 0 Å². The molecular formula is C9H16F3NO. The Bertz CT molecular complexity index is 183. The molecule has 0 unspecified atom stereocenters. The van der Waals surface area contributed by atoms with Crippen LogP contribution in [0.25, 0.3) is 0 Å². The molecule has 0 bridgehead atoms. The molecule has 0 aliphatic heterocycles. The van der Waals surface area contributed by atoms with Crippen LogP contribution in [0.4, 0.5) is 13.2 Å². The van der Waals surface area contributed by atoms with Crippen molar-refractivity contribution in [3.05, 3.63) is 0 Å². The van der Waals surface area contributed by atoms with E-state index in [2.05, 4.69) is 0 Å². The Morgan fingerprint density at radius 3 is 2.36 bits per heavy atom. The number of alkyl halides is 3. The summed E-state index contributed by atoms with van der Waals surface area (Å²) in [7, 11) is 0. The van der Waals surface area contributed by atoms with Crippen molar-refractivity contribution in [1.82, 2.24) is 4.90 Å². The third-order valence-corrected chi connectivity index (χ3v) is 2.70. The first-order valence-corrected chi connectivity index (χ1v) is 4.93. The van der Waals surface area contributed by atoms with Crippen molar-refractivity contribution in [3.8, 4) is 0 Å². The fourth-order valence-corrected chi connectivity index (χ4v) is 2.04. The highest BCUT2D eigenvalue weighted by Gasteiger charge is 2.37. The van der Waals surface area contributed by atoms with E-state index >= 15 is 0 Å². The van der Waals surface area contributed by atoms with Gasteiger partial charge in [-0.15, -0.1) is 0 Å². The molecule has 84 valence electrons. The molecule has 2 atom stereocenters. The number of rotatable bonds is 3. The van der Waals surface area contributed by atoms with Gasteiger partial charge in [0.1, 0.15) is 0 Å². The minimum absolute atomic E-state index is 0.304. The van der Waals surface area contributed by atoms with Crippen molar-refractivity contribution in [2.45, 2.75) is 44.5 Å². The van der Waals surface area contributed by atoms with Gasteiger partial charge in [-0.05, 0) is 25.8 Å². The highest BCUT2D eigenvalue weighted by molar-refractivity contribution is 4.85. The molecule has 5 heteroatoms. The molecule has 0 saturated heterocycles. The number of likely N-dealkylation sites (N-methyl/N-ethyl adjacent to an activating group) is 1. The predicted octanol–water partition coefficient (Wildman–Crippen LogP) is 1.78. The number of hydrogen-bond donors (Lipinski definition) is 1. The minimum atomic E-state index is -4.17. The third-order valence-electron chi connectivity index (χ3n) is 2.70. The standard InChI is InChI=1S/C9H16F3NO/c1-2-13(6-9(10,11)12)7-4-3-5-8(7)14/h7-8,14H,2-6H2,1H3/t7-,8-/m1/s1. The minimum Gasteiger partial charge on any atom is -0.391 e. The van der Waals surface area contributed by atoms with Crippen molar-refractivity contribution >= 4 is 0 Å². The maximum atomic E-state index is 12.1. The van der Waals surface area contributed by atoms with Gasteiger partial charge in [-0.2, -0.15) is 13.2 Å². The fourth-order valence-electron chi connectivity index (χ4n) is 2.04. The zero-order chi connectivity index (χ0) is 10.8. The van der Waals surface area contributed by atoms with Gasteiger partial charge in [0.15, 0.2) is 0 Å². The van der Waals surface area contributed by atoms with Crippen LogP contribution in [-0.4, -0.2) is 41.4 Å². The number of nitrogens with zero attached hydrogens (tertiary/aromatic N) is 1. The smallest absolute Gasteiger partial charge is 0.391 e. The van der Waals surface area contributed by atoms with Gasteiger partial charge in [-0.3, -0.25) is 4.90 Å². The fraction of sp³-hybridized carbons (Fsp3) is 1.00. The van der Waals surface area contributed by atoms with Crippen molar-refractivity contribution in [3.63, 3.8) is 0 Å². The van der Waals surface area contributed by atoms with Crippen LogP contribution < -0.4 is 0 Å². The molecule has 0 aromatic rings. The normalized spacial score (nSPS) is 28.7. The SMILES string of the molecule is CCN(CC(F)(F)F)[C@@H]1CCC[C@H]1O. The average molecular weight is 211 g/mol. The van der Waals surface area contributed by atoms with E-state index in [0.717, 1.165) is 6.42 Å². The lowest BCUT2D eigenvalue weighted by atomic mass is 10.2. The summed E-state index contributed by atoms with van der Waals surface area (Å²) in [6, 6.07) is -0.304. The van der Waals surface area contributed by atoms with Gasteiger partial charge in [-0.1, -0.05) is 6.92 Å². The molecule has 1 aliphatic rings. The van der Waals surface area contributed by atoms with Crippen LogP contribution in [0.15, 0.2) is 0 Å². The first-order valence-electron chi connectivity index (χ1n) is 4.93. The molecule has 2 nitrogen and oxygen atoms in total. The van der Waals surface area contributed by atoms with Crippen molar-refractivity contribution in [1.29, 1.82) is 0 Å². The lowest BCUT2D eigenvalue weighted by Crippen LogP contribution is -2.45. The van der Waals surface area contributed by atoms with E-state index in [-0.39, 0.29) is 6.04 Å². The lowest BCUT2D eigenvalue weighted by molar-refractivity contribution is -0.153. The average Bonchev–Trinajstić information content (AvgIpc) is 2.45. The summed E-state index contributed by atoms with van der Waals surface area (Å²) in [5, 5.41) is 9.48. The summed E-state index contributed by atoms with van der Waals surface area (Å²) in [6.07, 6.45) is -2.64. The molecule has 14 heavy (non-hydrogen) atoms. The first-order chi connectivity index (χ1) is 6.44. The van der Waals surface area contributed by atoms with Gasteiger partial charge >= 0.3 is 6.18 Å². The topological polar surface area (TPSA) is 23.5 Å². The second kappa shape index (κ2) is 4.49. The third kappa shape index (κ3) is 3.13. The molecule has 1 aliphatic carbocycles. The Morgan fingerprint density at radius 1 is 1.36 bits per heavy atom. The Kier molecular flexibility index (Phi) is 3.78. The lowest BCUT2D eigenvalue weighted by Gasteiger charge is -2.30. The number of hydrogen-bond acceptors (Lipinski definition) is 2. The molecule has 1 N–H and O–H groups in total. The molecule has 1 fully saturated rings. The van der Waals surface area contributed by atoms with Crippen LogP contribution in [0.1, 0.15) is 26.2 Å². The molecule has 0 radical (unpaired) electrons. The van der Waals surface area contributed by atoms with Gasteiger partial charge in [0, 0.05) is 6.04 Å². The van der Waals surface area contributed by atoms with E-state index in [1.54, 1.807) is 6.92 Å². The van der Waals surface area contributed by atoms with Crippen LogP contribution in [0.2, 0.25) is 0 Å². The highest BCUT2D eigenvalue weighted by atomic mass is 19.4. The van der Waals surface area contributed by atoms with Crippen LogP contribution in [0, 0.1) is 0 Å². The zero-order valence-electron chi connectivity index (χ0n) is 8.22. The predicted molar refractivity (Wildman–Crippen MR) is 46.9 cm³/mol. The van der Waals surface area contributed by atoms with E-state index < -0.39 is 18.8 Å². The second-order valence-corrected chi connectivity index (χ2v) is 3.74. The van der Waals surface area contributed by atoms with Gasteiger partial charge in [0.25, 0.3) is 0 Å². The summed E-state index contributed by atoms with van der Waals surface area (Å²) < 4.78 is 36.4. The van der Waals surface area contributed by atoms with Crippen LogP contribution in [-0.2, 0) is 0 Å². The molecular weight excluding hydrogens is 195 g/mol. The molecule has 0 spiro atoms. The zero-order valence-corrected chi connectivity index (χ0v) is 8.22. The van der Waals surface area contributed by atoms with E-state index in [0.29, 0.717) is 19.4 Å². The van der Waals surface area contributed by atoms with Crippen LogP contribution in [0.3, 0.4) is 0 Å². The van der Waals surface area contributed by atoms with E-state index in [4.69, 9.17) is 0 Å². The summed E-state index contributed by atoms with van der Waals surface area (Å²) in [4.78, 5) is 1.32. The molecule has 0 aromatic carbocycles. The Labute approximate surface area is 81.7 Å². The van der Waals surface area contributed by atoms with E-state index in [1.165, 1.54) is 4.90 Å². The number of aliphatic hydroxyl groups excluding tert-OH is 1.